The van der Waals surface area contributed by atoms with Crippen molar-refractivity contribution in [2.75, 3.05) is 29.9 Å². The van der Waals surface area contributed by atoms with E-state index >= 15 is 0 Å². The number of benzene rings is 2. The summed E-state index contributed by atoms with van der Waals surface area (Å²) >= 11 is 0. The Labute approximate surface area is 175 Å². The van der Waals surface area contributed by atoms with Crippen LogP contribution in [0.1, 0.15) is 29.5 Å². The summed E-state index contributed by atoms with van der Waals surface area (Å²) in [6.07, 6.45) is 1.29. The van der Waals surface area contributed by atoms with E-state index in [1.807, 2.05) is 30.0 Å². The highest BCUT2D eigenvalue weighted by atomic mass is 16.6. The molecular weight excluding hydrogens is 380 g/mol. The zero-order chi connectivity index (χ0) is 21.1. The molecule has 4 rings (SSSR count). The van der Waals surface area contributed by atoms with E-state index in [0.717, 1.165) is 42.7 Å². The van der Waals surface area contributed by atoms with Crippen molar-refractivity contribution in [1.82, 2.24) is 4.90 Å². The molecule has 2 amide bonds. The number of rotatable bonds is 4. The monoisotopic (exact) mass is 404 g/mol. The first-order valence-corrected chi connectivity index (χ1v) is 10.1. The highest BCUT2D eigenvalue weighted by Gasteiger charge is 2.35. The normalized spacial score (nSPS) is 17.1. The predicted molar refractivity (Wildman–Crippen MR) is 113 cm³/mol. The molecule has 1 fully saturated rings. The standard InChI is InChI=1S/C23H24N4O3/c1-16-3-2-4-18-15-30-23(29)27(22(16)18)20-9-11-26(12-10-20)14-21(28)25-19-7-5-17(13-24)6-8-19/h2-8,20H,9-12,14-15H2,1H3,(H,25,28). The highest BCUT2D eigenvalue weighted by molar-refractivity contribution is 5.93. The summed E-state index contributed by atoms with van der Waals surface area (Å²) < 4.78 is 5.39. The molecular formula is C23H24N4O3. The second kappa shape index (κ2) is 8.56. The van der Waals surface area contributed by atoms with Crippen molar-refractivity contribution in [2.24, 2.45) is 0 Å². The molecule has 0 atom stereocenters. The summed E-state index contributed by atoms with van der Waals surface area (Å²) in [6.45, 7) is 4.10. The van der Waals surface area contributed by atoms with Gasteiger partial charge in [0.05, 0.1) is 23.9 Å². The van der Waals surface area contributed by atoms with E-state index in [1.165, 1.54) is 0 Å². The third kappa shape index (κ3) is 4.14. The molecule has 0 saturated carbocycles. The van der Waals surface area contributed by atoms with E-state index in [0.29, 0.717) is 24.4 Å². The Kier molecular flexibility index (Phi) is 5.68. The number of para-hydroxylation sites is 1. The van der Waals surface area contributed by atoms with Crippen molar-refractivity contribution < 1.29 is 14.3 Å². The number of piperidine rings is 1. The number of hydrogen-bond acceptors (Lipinski definition) is 5. The van der Waals surface area contributed by atoms with E-state index in [-0.39, 0.29) is 18.0 Å². The number of likely N-dealkylation sites (tertiary alicyclic amines) is 1. The largest absolute Gasteiger partial charge is 0.444 e. The lowest BCUT2D eigenvalue weighted by atomic mass is 9.99. The van der Waals surface area contributed by atoms with Crippen LogP contribution < -0.4 is 10.2 Å². The Morgan fingerprint density at radius 2 is 1.93 bits per heavy atom. The fraction of sp³-hybridized carbons (Fsp3) is 0.348. The molecule has 7 nitrogen and oxygen atoms in total. The number of carbonyl (C=O) groups excluding carboxylic acids is 2. The van der Waals surface area contributed by atoms with E-state index in [4.69, 9.17) is 10.00 Å². The van der Waals surface area contributed by atoms with Crippen LogP contribution in [0.5, 0.6) is 0 Å². The summed E-state index contributed by atoms with van der Waals surface area (Å²) in [7, 11) is 0. The second-order valence-electron chi connectivity index (χ2n) is 7.75. The van der Waals surface area contributed by atoms with Gasteiger partial charge in [-0.15, -0.1) is 0 Å². The minimum absolute atomic E-state index is 0.0653. The molecule has 2 aliphatic heterocycles. The van der Waals surface area contributed by atoms with Gasteiger partial charge in [0, 0.05) is 30.4 Å². The molecule has 7 heteroatoms. The van der Waals surface area contributed by atoms with Crippen LogP contribution in [0.15, 0.2) is 42.5 Å². The molecule has 0 bridgehead atoms. The highest BCUT2D eigenvalue weighted by Crippen LogP contribution is 2.34. The first kappa shape index (κ1) is 19.9. The van der Waals surface area contributed by atoms with Gasteiger partial charge in [-0.2, -0.15) is 5.26 Å². The Bertz CT molecular complexity index is 988. The van der Waals surface area contributed by atoms with Crippen LogP contribution in [0.2, 0.25) is 0 Å². The maximum atomic E-state index is 12.5. The van der Waals surface area contributed by atoms with Crippen molar-refractivity contribution >= 4 is 23.4 Å². The Morgan fingerprint density at radius 3 is 2.63 bits per heavy atom. The van der Waals surface area contributed by atoms with Gasteiger partial charge in [-0.3, -0.25) is 14.6 Å². The molecule has 154 valence electrons. The van der Waals surface area contributed by atoms with Crippen molar-refractivity contribution in [1.29, 1.82) is 5.26 Å². The minimum Gasteiger partial charge on any atom is -0.444 e. The third-order valence-corrected chi connectivity index (χ3v) is 5.70. The molecule has 0 unspecified atom stereocenters. The summed E-state index contributed by atoms with van der Waals surface area (Å²) in [4.78, 5) is 28.8. The topological polar surface area (TPSA) is 85.7 Å². The number of fused-ring (bicyclic) bond motifs is 1. The summed E-state index contributed by atoms with van der Waals surface area (Å²) in [5.41, 5.74) is 4.33. The number of aryl methyl sites for hydroxylation is 1. The number of nitrogens with one attached hydrogen (secondary N) is 1. The van der Waals surface area contributed by atoms with Gasteiger partial charge in [0.15, 0.2) is 0 Å². The van der Waals surface area contributed by atoms with Gasteiger partial charge in [-0.1, -0.05) is 18.2 Å². The van der Waals surface area contributed by atoms with Crippen LogP contribution >= 0.6 is 0 Å². The molecule has 2 aromatic rings. The number of carbonyl (C=O) groups is 2. The number of hydrogen-bond donors (Lipinski definition) is 1. The molecule has 2 aromatic carbocycles. The van der Waals surface area contributed by atoms with E-state index in [9.17, 15) is 9.59 Å². The van der Waals surface area contributed by atoms with Gasteiger partial charge in [0.2, 0.25) is 5.91 Å². The molecule has 1 N–H and O–H groups in total. The van der Waals surface area contributed by atoms with Crippen LogP contribution in [0.3, 0.4) is 0 Å². The van der Waals surface area contributed by atoms with Crippen molar-refractivity contribution in [2.45, 2.75) is 32.4 Å². The Balaban J connectivity index is 1.35. The number of anilines is 2. The summed E-state index contributed by atoms with van der Waals surface area (Å²) in [5.74, 6) is -0.0864. The van der Waals surface area contributed by atoms with E-state index in [2.05, 4.69) is 16.3 Å². The summed E-state index contributed by atoms with van der Waals surface area (Å²) in [6, 6.07) is 14.9. The number of ether oxygens (including phenoxy) is 1. The van der Waals surface area contributed by atoms with E-state index in [1.54, 1.807) is 24.3 Å². The minimum atomic E-state index is -0.284. The number of nitrogens with zero attached hydrogens (tertiary/aromatic N) is 3. The average molecular weight is 404 g/mol. The molecule has 2 heterocycles. The lowest BCUT2D eigenvalue weighted by molar-refractivity contribution is -0.117. The van der Waals surface area contributed by atoms with Crippen LogP contribution in [-0.4, -0.2) is 42.6 Å². The maximum absolute atomic E-state index is 12.5. The first-order chi connectivity index (χ1) is 14.5. The fourth-order valence-electron chi connectivity index (χ4n) is 4.18. The molecule has 2 aliphatic rings. The zero-order valence-corrected chi connectivity index (χ0v) is 16.9. The van der Waals surface area contributed by atoms with Gasteiger partial charge >= 0.3 is 6.09 Å². The van der Waals surface area contributed by atoms with Crippen LogP contribution in [0.4, 0.5) is 16.2 Å². The van der Waals surface area contributed by atoms with E-state index < -0.39 is 0 Å². The van der Waals surface area contributed by atoms with Gasteiger partial charge < -0.3 is 10.1 Å². The molecule has 0 aromatic heterocycles. The lowest BCUT2D eigenvalue weighted by Crippen LogP contribution is -2.50. The molecule has 1 saturated heterocycles. The van der Waals surface area contributed by atoms with Gasteiger partial charge in [0.1, 0.15) is 6.61 Å². The molecule has 0 aliphatic carbocycles. The number of nitriles is 1. The fourth-order valence-corrected chi connectivity index (χ4v) is 4.18. The predicted octanol–water partition coefficient (Wildman–Crippen LogP) is 3.43. The zero-order valence-electron chi connectivity index (χ0n) is 16.9. The quantitative estimate of drug-likeness (QED) is 0.844. The molecule has 0 spiro atoms. The summed E-state index contributed by atoms with van der Waals surface area (Å²) in [5, 5.41) is 11.7. The first-order valence-electron chi connectivity index (χ1n) is 10.1. The van der Waals surface area contributed by atoms with Crippen LogP contribution in [-0.2, 0) is 16.1 Å². The van der Waals surface area contributed by atoms with Gasteiger partial charge in [-0.05, 0) is 49.6 Å². The van der Waals surface area contributed by atoms with Gasteiger partial charge in [-0.25, -0.2) is 4.79 Å². The lowest BCUT2D eigenvalue weighted by Gasteiger charge is -2.40. The van der Waals surface area contributed by atoms with Gasteiger partial charge in [0.25, 0.3) is 0 Å². The average Bonchev–Trinajstić information content (AvgIpc) is 2.75. The molecule has 0 radical (unpaired) electrons. The van der Waals surface area contributed by atoms with Crippen LogP contribution in [0, 0.1) is 18.3 Å². The number of cyclic esters (lactones) is 1. The smallest absolute Gasteiger partial charge is 0.414 e. The Morgan fingerprint density at radius 1 is 1.20 bits per heavy atom. The van der Waals surface area contributed by atoms with Crippen molar-refractivity contribution in [3.8, 4) is 6.07 Å². The maximum Gasteiger partial charge on any atom is 0.414 e. The Hall–Kier alpha value is -3.37. The number of amides is 2. The van der Waals surface area contributed by atoms with Crippen LogP contribution in [0.25, 0.3) is 0 Å². The molecule has 30 heavy (non-hydrogen) atoms. The van der Waals surface area contributed by atoms with Crippen molar-refractivity contribution in [3.05, 3.63) is 59.2 Å². The second-order valence-corrected chi connectivity index (χ2v) is 7.75. The SMILES string of the molecule is Cc1cccc2c1N(C1CCN(CC(=O)Nc3ccc(C#N)cc3)CC1)C(=O)OC2. The van der Waals surface area contributed by atoms with Crippen molar-refractivity contribution in [3.63, 3.8) is 0 Å². The third-order valence-electron chi connectivity index (χ3n) is 5.70.